The first kappa shape index (κ1) is 21.0. The molecule has 1 aromatic carbocycles. The van der Waals surface area contributed by atoms with E-state index in [1.54, 1.807) is 29.2 Å². The number of carbonyl (C=O) groups excluding carboxylic acids is 3. The predicted octanol–water partition coefficient (Wildman–Crippen LogP) is 2.51. The largest absolute Gasteiger partial charge is 0.496 e. The smallest absolute Gasteiger partial charge is 0.342 e. The first-order chi connectivity index (χ1) is 14.0. The number of esters is 1. The summed E-state index contributed by atoms with van der Waals surface area (Å²) in [6.45, 7) is 3.77. The van der Waals surface area contributed by atoms with E-state index in [0.29, 0.717) is 36.9 Å². The molecule has 1 aliphatic heterocycles. The fourth-order valence-electron chi connectivity index (χ4n) is 2.96. The Morgan fingerprint density at radius 1 is 1.14 bits per heavy atom. The van der Waals surface area contributed by atoms with Gasteiger partial charge in [0, 0.05) is 18.0 Å². The monoisotopic (exact) mass is 417 g/mol. The van der Waals surface area contributed by atoms with Crippen molar-refractivity contribution in [2.45, 2.75) is 13.3 Å². The molecule has 154 valence electrons. The third-order valence-corrected chi connectivity index (χ3v) is 5.66. The van der Waals surface area contributed by atoms with Gasteiger partial charge in [0.05, 0.1) is 31.6 Å². The Labute approximate surface area is 173 Å². The second-order valence-electron chi connectivity index (χ2n) is 6.64. The number of benzene rings is 1. The summed E-state index contributed by atoms with van der Waals surface area (Å²) in [5, 5.41) is 0. The highest BCUT2D eigenvalue weighted by atomic mass is 32.1. The maximum Gasteiger partial charge on any atom is 0.342 e. The van der Waals surface area contributed by atoms with Crippen LogP contribution in [0.15, 0.2) is 30.3 Å². The lowest BCUT2D eigenvalue weighted by Crippen LogP contribution is -2.41. The summed E-state index contributed by atoms with van der Waals surface area (Å²) in [5.74, 6) is -0.501. The van der Waals surface area contributed by atoms with Gasteiger partial charge in [-0.05, 0) is 31.2 Å². The minimum absolute atomic E-state index is 0.0205. The van der Waals surface area contributed by atoms with Crippen LogP contribution in [0, 0.1) is 6.92 Å². The summed E-state index contributed by atoms with van der Waals surface area (Å²) in [7, 11) is 1.47. The molecule has 0 saturated carbocycles. The SMILES string of the molecule is COc1ccc(C)cc1C(=O)OCC(=O)c1ccc(CC(=O)N2CCOCC2)s1. The molecule has 3 rings (SSSR count). The highest BCUT2D eigenvalue weighted by Gasteiger charge is 2.20. The van der Waals surface area contributed by atoms with Crippen molar-refractivity contribution in [3.63, 3.8) is 0 Å². The number of rotatable bonds is 7. The van der Waals surface area contributed by atoms with Crippen molar-refractivity contribution in [1.82, 2.24) is 4.90 Å². The highest BCUT2D eigenvalue weighted by Crippen LogP contribution is 2.22. The van der Waals surface area contributed by atoms with Gasteiger partial charge in [-0.1, -0.05) is 11.6 Å². The maximum absolute atomic E-state index is 12.4. The van der Waals surface area contributed by atoms with Gasteiger partial charge >= 0.3 is 5.97 Å². The van der Waals surface area contributed by atoms with E-state index in [1.807, 2.05) is 13.0 Å². The lowest BCUT2D eigenvalue weighted by Gasteiger charge is -2.26. The zero-order chi connectivity index (χ0) is 20.8. The summed E-state index contributed by atoms with van der Waals surface area (Å²) in [5.41, 5.74) is 1.17. The molecule has 0 aliphatic carbocycles. The van der Waals surface area contributed by atoms with Gasteiger partial charge in [0.15, 0.2) is 6.61 Å². The van der Waals surface area contributed by atoms with Crippen LogP contribution in [0.5, 0.6) is 5.75 Å². The number of hydrogen-bond donors (Lipinski definition) is 0. The summed E-state index contributed by atoms with van der Waals surface area (Å²) in [6.07, 6.45) is 0.248. The Kier molecular flexibility index (Phi) is 7.00. The van der Waals surface area contributed by atoms with Crippen LogP contribution in [-0.2, 0) is 20.7 Å². The van der Waals surface area contributed by atoms with E-state index in [1.165, 1.54) is 18.4 Å². The summed E-state index contributed by atoms with van der Waals surface area (Å²) >= 11 is 1.25. The Bertz CT molecular complexity index is 900. The van der Waals surface area contributed by atoms with E-state index in [0.717, 1.165) is 10.4 Å². The van der Waals surface area contributed by atoms with Crippen molar-refractivity contribution in [2.24, 2.45) is 0 Å². The quantitative estimate of drug-likeness (QED) is 0.509. The molecule has 1 amide bonds. The molecule has 0 N–H and O–H groups in total. The Hall–Kier alpha value is -2.71. The lowest BCUT2D eigenvalue weighted by molar-refractivity contribution is -0.134. The number of ketones is 1. The number of aryl methyl sites for hydroxylation is 1. The van der Waals surface area contributed by atoms with Gasteiger partial charge in [0.25, 0.3) is 0 Å². The lowest BCUT2D eigenvalue weighted by atomic mass is 10.1. The number of amides is 1. The zero-order valence-corrected chi connectivity index (χ0v) is 17.3. The maximum atomic E-state index is 12.4. The van der Waals surface area contributed by atoms with Crippen molar-refractivity contribution in [2.75, 3.05) is 40.0 Å². The number of nitrogens with zero attached hydrogens (tertiary/aromatic N) is 1. The molecular formula is C21H23NO6S. The number of methoxy groups -OCH3 is 1. The van der Waals surface area contributed by atoms with E-state index in [4.69, 9.17) is 14.2 Å². The van der Waals surface area contributed by atoms with Crippen LogP contribution in [-0.4, -0.2) is 62.6 Å². The highest BCUT2D eigenvalue weighted by molar-refractivity contribution is 7.14. The number of hydrogen-bond acceptors (Lipinski definition) is 7. The molecule has 8 heteroatoms. The van der Waals surface area contributed by atoms with Crippen LogP contribution in [0.4, 0.5) is 0 Å². The molecule has 0 unspecified atom stereocenters. The van der Waals surface area contributed by atoms with Crippen molar-refractivity contribution in [1.29, 1.82) is 0 Å². The molecule has 2 aromatic rings. The molecule has 0 bridgehead atoms. The van der Waals surface area contributed by atoms with Crippen molar-refractivity contribution >= 4 is 29.0 Å². The Balaban J connectivity index is 1.55. The van der Waals surface area contributed by atoms with Gasteiger partial charge in [-0.2, -0.15) is 0 Å². The molecule has 7 nitrogen and oxygen atoms in total. The molecule has 0 spiro atoms. The number of Topliss-reactive ketones (excluding diaryl/α,β-unsaturated/α-hetero) is 1. The van der Waals surface area contributed by atoms with Gasteiger partial charge in [0.1, 0.15) is 11.3 Å². The van der Waals surface area contributed by atoms with Crippen molar-refractivity contribution in [3.05, 3.63) is 51.2 Å². The van der Waals surface area contributed by atoms with E-state index in [-0.39, 0.29) is 30.3 Å². The first-order valence-corrected chi connectivity index (χ1v) is 10.1. The predicted molar refractivity (Wildman–Crippen MR) is 108 cm³/mol. The van der Waals surface area contributed by atoms with E-state index in [2.05, 4.69) is 0 Å². The number of morpholine rings is 1. The Morgan fingerprint density at radius 2 is 1.90 bits per heavy atom. The van der Waals surface area contributed by atoms with Gasteiger partial charge in [-0.25, -0.2) is 4.79 Å². The third kappa shape index (κ3) is 5.42. The second-order valence-corrected chi connectivity index (χ2v) is 7.81. The minimum Gasteiger partial charge on any atom is -0.496 e. The molecule has 1 aliphatic rings. The third-order valence-electron chi connectivity index (χ3n) is 4.53. The van der Waals surface area contributed by atoms with Gasteiger partial charge in [-0.3, -0.25) is 9.59 Å². The molecule has 0 radical (unpaired) electrons. The van der Waals surface area contributed by atoms with Gasteiger partial charge < -0.3 is 19.1 Å². The van der Waals surface area contributed by atoms with E-state index in [9.17, 15) is 14.4 Å². The van der Waals surface area contributed by atoms with Crippen molar-refractivity contribution in [3.8, 4) is 5.75 Å². The first-order valence-electron chi connectivity index (χ1n) is 9.27. The summed E-state index contributed by atoms with van der Waals surface area (Å²) in [6, 6.07) is 8.60. The molecule has 0 atom stereocenters. The van der Waals surface area contributed by atoms with Crippen LogP contribution in [0.2, 0.25) is 0 Å². The van der Waals surface area contributed by atoms with Crippen LogP contribution >= 0.6 is 11.3 Å². The molecule has 1 aromatic heterocycles. The molecule has 29 heavy (non-hydrogen) atoms. The molecule has 1 saturated heterocycles. The van der Waals surface area contributed by atoms with E-state index < -0.39 is 5.97 Å². The molecular weight excluding hydrogens is 394 g/mol. The van der Waals surface area contributed by atoms with Gasteiger partial charge in [0.2, 0.25) is 11.7 Å². The fraction of sp³-hybridized carbons (Fsp3) is 0.381. The van der Waals surface area contributed by atoms with Crippen LogP contribution in [0.1, 0.15) is 30.5 Å². The zero-order valence-electron chi connectivity index (χ0n) is 16.4. The van der Waals surface area contributed by atoms with Crippen LogP contribution in [0.3, 0.4) is 0 Å². The fourth-order valence-corrected chi connectivity index (χ4v) is 3.88. The summed E-state index contributed by atoms with van der Waals surface area (Å²) in [4.78, 5) is 40.1. The standard InChI is InChI=1S/C21H23NO6S/c1-14-3-5-18(26-2)16(11-14)21(25)28-13-17(23)19-6-4-15(29-19)12-20(24)22-7-9-27-10-8-22/h3-6,11H,7-10,12-13H2,1-2H3. The average Bonchev–Trinajstić information content (AvgIpc) is 3.21. The van der Waals surface area contributed by atoms with Crippen LogP contribution < -0.4 is 4.74 Å². The minimum atomic E-state index is -0.613. The normalized spacial score (nSPS) is 13.8. The number of carbonyl (C=O) groups is 3. The second kappa shape index (κ2) is 9.67. The molecule has 1 fully saturated rings. The Morgan fingerprint density at radius 3 is 2.62 bits per heavy atom. The molecule has 2 heterocycles. The topological polar surface area (TPSA) is 82.1 Å². The number of thiophene rings is 1. The van der Waals surface area contributed by atoms with Crippen molar-refractivity contribution < 1.29 is 28.6 Å². The van der Waals surface area contributed by atoms with Crippen LogP contribution in [0.25, 0.3) is 0 Å². The van der Waals surface area contributed by atoms with Gasteiger partial charge in [-0.15, -0.1) is 11.3 Å². The average molecular weight is 417 g/mol. The van der Waals surface area contributed by atoms with E-state index >= 15 is 0 Å². The summed E-state index contributed by atoms with van der Waals surface area (Å²) < 4.78 is 15.6. The number of ether oxygens (including phenoxy) is 3.